The van der Waals surface area contributed by atoms with Crippen molar-refractivity contribution in [3.8, 4) is 0 Å². The number of sulfonamides is 1. The van der Waals surface area contributed by atoms with E-state index in [-0.39, 0.29) is 16.9 Å². The van der Waals surface area contributed by atoms with Crippen molar-refractivity contribution in [2.75, 3.05) is 12.4 Å². The summed E-state index contributed by atoms with van der Waals surface area (Å²) < 4.78 is 27.3. The zero-order chi connectivity index (χ0) is 14.9. The minimum atomic E-state index is -3.50. The third kappa shape index (κ3) is 3.06. The first-order valence-electron chi connectivity index (χ1n) is 6.81. The average molecular weight is 303 g/mol. The maximum Gasteiger partial charge on any atom is 0.242 e. The fraction of sp³-hybridized carbons (Fsp3) is 0.267. The van der Waals surface area contributed by atoms with Gasteiger partial charge in [-0.1, -0.05) is 30.3 Å². The minimum Gasteiger partial charge on any atom is -0.373 e. The van der Waals surface area contributed by atoms with Crippen LogP contribution in [0.2, 0.25) is 0 Å². The lowest BCUT2D eigenvalue weighted by Gasteiger charge is -2.07. The number of hydrogen-bond acceptors (Lipinski definition) is 4. The van der Waals surface area contributed by atoms with E-state index in [2.05, 4.69) is 15.0 Å². The summed E-state index contributed by atoms with van der Waals surface area (Å²) in [4.78, 5) is 4.23. The molecule has 2 N–H and O–H groups in total. The van der Waals surface area contributed by atoms with Gasteiger partial charge < -0.3 is 5.32 Å². The second-order valence-corrected chi connectivity index (χ2v) is 6.82. The topological polar surface area (TPSA) is 71.1 Å². The summed E-state index contributed by atoms with van der Waals surface area (Å²) in [5, 5.41) is 2.86. The van der Waals surface area contributed by atoms with Crippen molar-refractivity contribution in [3.05, 3.63) is 54.2 Å². The molecule has 1 aromatic heterocycles. The van der Waals surface area contributed by atoms with Crippen molar-refractivity contribution in [1.82, 2.24) is 9.71 Å². The Labute approximate surface area is 124 Å². The number of rotatable bonds is 5. The summed E-state index contributed by atoms with van der Waals surface area (Å²) in [7, 11) is -1.76. The summed E-state index contributed by atoms with van der Waals surface area (Å²) >= 11 is 0. The molecule has 110 valence electrons. The maximum atomic E-state index is 12.3. The maximum absolute atomic E-state index is 12.3. The van der Waals surface area contributed by atoms with Gasteiger partial charge in [0.2, 0.25) is 10.0 Å². The lowest BCUT2D eigenvalue weighted by Crippen LogP contribution is -2.27. The molecular formula is C15H17N3O2S. The van der Waals surface area contributed by atoms with E-state index in [1.165, 1.54) is 11.8 Å². The van der Waals surface area contributed by atoms with Crippen molar-refractivity contribution < 1.29 is 8.42 Å². The largest absolute Gasteiger partial charge is 0.373 e. The summed E-state index contributed by atoms with van der Waals surface area (Å²) in [6.45, 7) is 0. The lowest BCUT2D eigenvalue weighted by molar-refractivity contribution is 0.579. The molecule has 1 fully saturated rings. The van der Waals surface area contributed by atoms with Gasteiger partial charge in [0.1, 0.15) is 10.7 Å². The molecule has 3 rings (SSSR count). The zero-order valence-corrected chi connectivity index (χ0v) is 12.5. The Balaban J connectivity index is 1.70. The second-order valence-electron chi connectivity index (χ2n) is 5.11. The van der Waals surface area contributed by atoms with E-state index >= 15 is 0 Å². The molecule has 0 aliphatic heterocycles. The highest BCUT2D eigenvalue weighted by molar-refractivity contribution is 7.89. The molecule has 21 heavy (non-hydrogen) atoms. The Kier molecular flexibility index (Phi) is 3.65. The van der Waals surface area contributed by atoms with Crippen LogP contribution >= 0.6 is 0 Å². The Morgan fingerprint density at radius 1 is 1.14 bits per heavy atom. The number of benzene rings is 1. The molecule has 1 aliphatic carbocycles. The highest BCUT2D eigenvalue weighted by atomic mass is 32.2. The SMILES string of the molecule is CNc1ccc(S(=O)(=O)NC2CC2c2ccccc2)cn1. The van der Waals surface area contributed by atoms with Gasteiger partial charge >= 0.3 is 0 Å². The van der Waals surface area contributed by atoms with Crippen molar-refractivity contribution in [3.63, 3.8) is 0 Å². The van der Waals surface area contributed by atoms with Crippen LogP contribution in [0, 0.1) is 0 Å². The van der Waals surface area contributed by atoms with Crippen molar-refractivity contribution in [1.29, 1.82) is 0 Å². The van der Waals surface area contributed by atoms with Gasteiger partial charge in [0.15, 0.2) is 0 Å². The van der Waals surface area contributed by atoms with E-state index in [0.29, 0.717) is 5.82 Å². The summed E-state index contributed by atoms with van der Waals surface area (Å²) in [6.07, 6.45) is 2.21. The fourth-order valence-electron chi connectivity index (χ4n) is 2.35. The minimum absolute atomic E-state index is 0.0265. The van der Waals surface area contributed by atoms with Gasteiger partial charge in [-0.15, -0.1) is 0 Å². The van der Waals surface area contributed by atoms with Gasteiger partial charge in [-0.05, 0) is 24.1 Å². The van der Waals surface area contributed by atoms with E-state index < -0.39 is 10.0 Å². The molecule has 0 amide bonds. The predicted molar refractivity (Wildman–Crippen MR) is 81.7 cm³/mol. The van der Waals surface area contributed by atoms with Crippen LogP contribution in [0.4, 0.5) is 5.82 Å². The van der Waals surface area contributed by atoms with Crippen LogP contribution in [-0.4, -0.2) is 26.5 Å². The molecule has 2 atom stereocenters. The molecule has 1 aliphatic rings. The molecule has 0 bridgehead atoms. The van der Waals surface area contributed by atoms with Crippen LogP contribution in [0.15, 0.2) is 53.6 Å². The molecule has 1 aromatic carbocycles. The van der Waals surface area contributed by atoms with Crippen molar-refractivity contribution in [2.45, 2.75) is 23.3 Å². The standard InChI is InChI=1S/C15H17N3O2S/c1-16-15-8-7-12(10-17-15)21(19,20)18-14-9-13(14)11-5-3-2-4-6-11/h2-8,10,13-14,18H,9H2,1H3,(H,16,17). The molecule has 2 unspecified atom stereocenters. The molecular weight excluding hydrogens is 286 g/mol. The van der Waals surface area contributed by atoms with E-state index in [9.17, 15) is 8.42 Å². The summed E-state index contributed by atoms with van der Waals surface area (Å²) in [5.41, 5.74) is 1.17. The van der Waals surface area contributed by atoms with E-state index in [4.69, 9.17) is 0 Å². The molecule has 0 radical (unpaired) electrons. The normalized spacial score (nSPS) is 21.0. The van der Waals surface area contributed by atoms with Crippen LogP contribution in [0.25, 0.3) is 0 Å². The van der Waals surface area contributed by atoms with Gasteiger partial charge in [-0.2, -0.15) is 0 Å². The van der Waals surface area contributed by atoms with E-state index in [1.807, 2.05) is 30.3 Å². The van der Waals surface area contributed by atoms with Crippen LogP contribution in [0.1, 0.15) is 17.9 Å². The average Bonchev–Trinajstić information content (AvgIpc) is 3.26. The summed E-state index contributed by atoms with van der Waals surface area (Å²) in [6, 6.07) is 13.1. The first kappa shape index (κ1) is 14.0. The lowest BCUT2D eigenvalue weighted by atomic mass is 10.1. The highest BCUT2D eigenvalue weighted by Crippen LogP contribution is 2.41. The smallest absolute Gasteiger partial charge is 0.242 e. The first-order chi connectivity index (χ1) is 10.1. The second kappa shape index (κ2) is 5.46. The van der Waals surface area contributed by atoms with Gasteiger partial charge in [0.25, 0.3) is 0 Å². The number of hydrogen-bond donors (Lipinski definition) is 2. The van der Waals surface area contributed by atoms with Gasteiger partial charge in [0.05, 0.1) is 0 Å². The molecule has 2 aromatic rings. The van der Waals surface area contributed by atoms with Crippen molar-refractivity contribution in [2.24, 2.45) is 0 Å². The Bertz CT molecular complexity index is 714. The van der Waals surface area contributed by atoms with Crippen molar-refractivity contribution >= 4 is 15.8 Å². The first-order valence-corrected chi connectivity index (χ1v) is 8.29. The number of anilines is 1. The fourth-order valence-corrected chi connectivity index (χ4v) is 3.58. The van der Waals surface area contributed by atoms with Gasteiger partial charge in [-0.25, -0.2) is 18.1 Å². The van der Waals surface area contributed by atoms with Gasteiger partial charge in [-0.3, -0.25) is 0 Å². The Morgan fingerprint density at radius 2 is 1.90 bits per heavy atom. The highest BCUT2D eigenvalue weighted by Gasteiger charge is 2.41. The zero-order valence-electron chi connectivity index (χ0n) is 11.7. The predicted octanol–water partition coefficient (Wildman–Crippen LogP) is 1.96. The van der Waals surface area contributed by atoms with Crippen LogP contribution in [0.5, 0.6) is 0 Å². The van der Waals surface area contributed by atoms with Gasteiger partial charge in [0, 0.05) is 25.2 Å². The monoisotopic (exact) mass is 303 g/mol. The van der Waals surface area contributed by atoms with Crippen LogP contribution in [-0.2, 0) is 10.0 Å². The summed E-state index contributed by atoms with van der Waals surface area (Å²) in [5.74, 6) is 0.910. The Morgan fingerprint density at radius 3 is 2.52 bits per heavy atom. The number of pyridine rings is 1. The third-order valence-corrected chi connectivity index (χ3v) is 5.10. The van der Waals surface area contributed by atoms with Crippen LogP contribution in [0.3, 0.4) is 0 Å². The molecule has 0 saturated heterocycles. The number of aromatic nitrogens is 1. The van der Waals surface area contributed by atoms with E-state index in [1.54, 1.807) is 19.2 Å². The molecule has 1 saturated carbocycles. The van der Waals surface area contributed by atoms with Crippen LogP contribution < -0.4 is 10.0 Å². The molecule has 0 spiro atoms. The molecule has 5 nitrogen and oxygen atoms in total. The third-order valence-electron chi connectivity index (χ3n) is 3.63. The number of nitrogens with zero attached hydrogens (tertiary/aromatic N) is 1. The molecule has 6 heteroatoms. The molecule has 1 heterocycles. The quantitative estimate of drug-likeness (QED) is 0.886. The Hall–Kier alpha value is -1.92. The van der Waals surface area contributed by atoms with E-state index in [0.717, 1.165) is 6.42 Å². The number of nitrogens with one attached hydrogen (secondary N) is 2.